The zero-order valence-electron chi connectivity index (χ0n) is 14.3. The minimum Gasteiger partial charge on any atom is -0.493 e. The molecule has 0 aliphatic carbocycles. The molecule has 2 aromatic carbocycles. The van der Waals surface area contributed by atoms with E-state index in [2.05, 4.69) is 5.32 Å². The first kappa shape index (κ1) is 18.3. The third-order valence-electron chi connectivity index (χ3n) is 3.30. The largest absolute Gasteiger partial charge is 0.493 e. The number of ether oxygens (including phenoxy) is 2. The van der Waals surface area contributed by atoms with Gasteiger partial charge in [0, 0.05) is 17.3 Å². The fraction of sp³-hybridized carbons (Fsp3) is 0.200. The van der Waals surface area contributed by atoms with Crippen LogP contribution >= 0.6 is 0 Å². The van der Waals surface area contributed by atoms with Gasteiger partial charge >= 0.3 is 5.97 Å². The fourth-order valence-electron chi connectivity index (χ4n) is 2.16. The molecule has 0 bridgehead atoms. The zero-order valence-corrected chi connectivity index (χ0v) is 14.3. The Morgan fingerprint density at radius 3 is 2.40 bits per heavy atom. The van der Waals surface area contributed by atoms with Gasteiger partial charge in [0.15, 0.2) is 0 Å². The molecule has 0 atom stereocenters. The summed E-state index contributed by atoms with van der Waals surface area (Å²) in [4.78, 5) is 23.6. The van der Waals surface area contributed by atoms with Crippen LogP contribution in [0.4, 0.5) is 5.69 Å². The molecule has 0 radical (unpaired) electrons. The molecule has 0 heterocycles. The number of rotatable bonds is 7. The highest BCUT2D eigenvalue weighted by Gasteiger charge is 2.06. The first-order valence-electron chi connectivity index (χ1n) is 8.12. The highest BCUT2D eigenvalue weighted by atomic mass is 16.5. The van der Waals surface area contributed by atoms with Gasteiger partial charge < -0.3 is 14.8 Å². The van der Waals surface area contributed by atoms with Gasteiger partial charge in [-0.25, -0.2) is 4.79 Å². The summed E-state index contributed by atoms with van der Waals surface area (Å²) < 4.78 is 10.4. The van der Waals surface area contributed by atoms with Crippen molar-refractivity contribution in [3.8, 4) is 5.75 Å². The maximum absolute atomic E-state index is 12.0. The van der Waals surface area contributed by atoms with Crippen LogP contribution in [0.1, 0.15) is 29.8 Å². The molecule has 5 nitrogen and oxygen atoms in total. The molecule has 0 unspecified atom stereocenters. The molecule has 1 N–H and O–H groups in total. The number of anilines is 1. The monoisotopic (exact) mass is 339 g/mol. The molecule has 2 rings (SSSR count). The standard InChI is InChI=1S/C20H21NO4/c1-3-24-18-8-6-5-7-15(18)11-14-19(22)21-17-12-9-16(10-13-17)20(23)25-4-2/h5-14H,3-4H2,1-2H3,(H,21,22)/b14-11+. The summed E-state index contributed by atoms with van der Waals surface area (Å²) in [6.45, 7) is 4.55. The lowest BCUT2D eigenvalue weighted by Crippen LogP contribution is -2.09. The Kier molecular flexibility index (Phi) is 6.77. The van der Waals surface area contributed by atoms with E-state index in [9.17, 15) is 9.59 Å². The predicted octanol–water partition coefficient (Wildman–Crippen LogP) is 3.91. The van der Waals surface area contributed by atoms with Crippen molar-refractivity contribution in [1.29, 1.82) is 0 Å². The van der Waals surface area contributed by atoms with Crippen LogP contribution in [0, 0.1) is 0 Å². The Labute approximate surface area is 147 Å². The van der Waals surface area contributed by atoms with Gasteiger partial charge in [-0.15, -0.1) is 0 Å². The molecular weight excluding hydrogens is 318 g/mol. The van der Waals surface area contributed by atoms with E-state index in [0.29, 0.717) is 24.5 Å². The van der Waals surface area contributed by atoms with Crippen LogP contribution in [0.2, 0.25) is 0 Å². The van der Waals surface area contributed by atoms with Crippen molar-refractivity contribution in [2.45, 2.75) is 13.8 Å². The van der Waals surface area contributed by atoms with E-state index < -0.39 is 0 Å². The smallest absolute Gasteiger partial charge is 0.338 e. The average Bonchev–Trinajstić information content (AvgIpc) is 2.62. The van der Waals surface area contributed by atoms with Gasteiger partial charge in [-0.05, 0) is 50.3 Å². The summed E-state index contributed by atoms with van der Waals surface area (Å²) >= 11 is 0. The summed E-state index contributed by atoms with van der Waals surface area (Å²) in [5.41, 5.74) is 1.87. The molecule has 0 aliphatic rings. The highest BCUT2D eigenvalue weighted by molar-refractivity contribution is 6.02. The maximum atomic E-state index is 12.0. The second kappa shape index (κ2) is 9.27. The number of esters is 1. The van der Waals surface area contributed by atoms with Gasteiger partial charge in [0.05, 0.1) is 18.8 Å². The third-order valence-corrected chi connectivity index (χ3v) is 3.30. The molecule has 0 aliphatic heterocycles. The van der Waals surface area contributed by atoms with Gasteiger partial charge in [0.25, 0.3) is 0 Å². The van der Waals surface area contributed by atoms with Crippen molar-refractivity contribution in [1.82, 2.24) is 0 Å². The minimum atomic E-state index is -0.382. The summed E-state index contributed by atoms with van der Waals surface area (Å²) in [7, 11) is 0. The Balaban J connectivity index is 1.99. The van der Waals surface area contributed by atoms with Crippen molar-refractivity contribution >= 4 is 23.6 Å². The summed E-state index contributed by atoms with van der Waals surface area (Å²) in [5.74, 6) is 0.0795. The Hall–Kier alpha value is -3.08. The lowest BCUT2D eigenvalue weighted by Gasteiger charge is -2.06. The molecule has 5 heteroatoms. The molecule has 0 saturated heterocycles. The second-order valence-corrected chi connectivity index (χ2v) is 5.09. The van der Waals surface area contributed by atoms with E-state index in [-0.39, 0.29) is 11.9 Å². The molecule has 0 fully saturated rings. The summed E-state index contributed by atoms with van der Waals surface area (Å²) in [6, 6.07) is 14.0. The fourth-order valence-corrected chi connectivity index (χ4v) is 2.16. The van der Waals surface area contributed by atoms with Gasteiger partial charge in [0.1, 0.15) is 5.75 Å². The van der Waals surface area contributed by atoms with Crippen molar-refractivity contribution in [3.63, 3.8) is 0 Å². The maximum Gasteiger partial charge on any atom is 0.338 e. The topological polar surface area (TPSA) is 64.6 Å². The Bertz CT molecular complexity index is 751. The van der Waals surface area contributed by atoms with Gasteiger partial charge in [-0.3, -0.25) is 4.79 Å². The number of nitrogens with one attached hydrogen (secondary N) is 1. The van der Waals surface area contributed by atoms with E-state index >= 15 is 0 Å². The number of hydrogen-bond acceptors (Lipinski definition) is 4. The Morgan fingerprint density at radius 2 is 1.72 bits per heavy atom. The quantitative estimate of drug-likeness (QED) is 0.613. The Morgan fingerprint density at radius 1 is 1.00 bits per heavy atom. The number of benzene rings is 2. The number of amides is 1. The normalized spacial score (nSPS) is 10.5. The van der Waals surface area contributed by atoms with Crippen LogP contribution in [-0.2, 0) is 9.53 Å². The van der Waals surface area contributed by atoms with Gasteiger partial charge in [-0.1, -0.05) is 18.2 Å². The molecule has 2 aromatic rings. The second-order valence-electron chi connectivity index (χ2n) is 5.09. The molecule has 0 spiro atoms. The lowest BCUT2D eigenvalue weighted by atomic mass is 10.2. The lowest BCUT2D eigenvalue weighted by molar-refractivity contribution is -0.111. The number of hydrogen-bond donors (Lipinski definition) is 1. The van der Waals surface area contributed by atoms with Crippen molar-refractivity contribution < 1.29 is 19.1 Å². The number of para-hydroxylation sites is 1. The summed E-state index contributed by atoms with van der Waals surface area (Å²) in [6.07, 6.45) is 3.14. The van der Waals surface area contributed by atoms with E-state index in [1.165, 1.54) is 6.08 Å². The summed E-state index contributed by atoms with van der Waals surface area (Å²) in [5, 5.41) is 2.74. The molecule has 1 amide bonds. The molecule has 130 valence electrons. The van der Waals surface area contributed by atoms with Crippen LogP contribution in [0.15, 0.2) is 54.6 Å². The third kappa shape index (κ3) is 5.49. The van der Waals surface area contributed by atoms with Gasteiger partial charge in [-0.2, -0.15) is 0 Å². The number of carbonyl (C=O) groups is 2. The van der Waals surface area contributed by atoms with Crippen molar-refractivity contribution in [2.75, 3.05) is 18.5 Å². The van der Waals surface area contributed by atoms with Crippen LogP contribution < -0.4 is 10.1 Å². The first-order chi connectivity index (χ1) is 12.1. The molecule has 0 aromatic heterocycles. The predicted molar refractivity (Wildman–Crippen MR) is 97.7 cm³/mol. The zero-order chi connectivity index (χ0) is 18.1. The van der Waals surface area contributed by atoms with Crippen LogP contribution in [0.3, 0.4) is 0 Å². The van der Waals surface area contributed by atoms with Crippen molar-refractivity contribution in [2.24, 2.45) is 0 Å². The SMILES string of the molecule is CCOC(=O)c1ccc(NC(=O)/C=C/c2ccccc2OCC)cc1. The molecule has 25 heavy (non-hydrogen) atoms. The van der Waals surface area contributed by atoms with Gasteiger partial charge in [0.2, 0.25) is 5.91 Å². The van der Waals surface area contributed by atoms with Crippen LogP contribution in [0.5, 0.6) is 5.75 Å². The highest BCUT2D eigenvalue weighted by Crippen LogP contribution is 2.19. The van der Waals surface area contributed by atoms with Crippen LogP contribution in [0.25, 0.3) is 6.08 Å². The molecule has 0 saturated carbocycles. The minimum absolute atomic E-state index is 0.268. The van der Waals surface area contributed by atoms with E-state index in [1.807, 2.05) is 31.2 Å². The van der Waals surface area contributed by atoms with E-state index in [0.717, 1.165) is 11.3 Å². The van der Waals surface area contributed by atoms with E-state index in [4.69, 9.17) is 9.47 Å². The molecular formula is C20H21NO4. The first-order valence-corrected chi connectivity index (χ1v) is 8.12. The van der Waals surface area contributed by atoms with E-state index in [1.54, 1.807) is 37.3 Å². The number of carbonyl (C=O) groups excluding carboxylic acids is 2. The van der Waals surface area contributed by atoms with Crippen molar-refractivity contribution in [3.05, 3.63) is 65.7 Å². The average molecular weight is 339 g/mol. The van der Waals surface area contributed by atoms with Crippen LogP contribution in [-0.4, -0.2) is 25.1 Å².